The van der Waals surface area contributed by atoms with Crippen molar-refractivity contribution in [3.63, 3.8) is 0 Å². The number of nitrogens with zero attached hydrogens (tertiary/aromatic N) is 1. The van der Waals surface area contributed by atoms with Gasteiger partial charge in [0.1, 0.15) is 0 Å². The third-order valence-electron chi connectivity index (χ3n) is 3.24. The molecule has 0 bridgehead atoms. The molecule has 3 N–H and O–H groups in total. The molecule has 3 rings (SSSR count). The highest BCUT2D eigenvalue weighted by molar-refractivity contribution is 7.50. The van der Waals surface area contributed by atoms with Gasteiger partial charge in [0.05, 0.1) is 11.4 Å². The predicted octanol–water partition coefficient (Wildman–Crippen LogP) is 3.11. The first-order valence-electron chi connectivity index (χ1n) is 6.50. The standard InChI is InChI=1S/C15H13N2O4P/c18-15(16-22(19,20)21)17-13-7-3-1-5-11(13)9-10-12-6-2-4-8-14(12)17/h1-10H,(H3,16,18,19,20,21). The van der Waals surface area contributed by atoms with Gasteiger partial charge >= 0.3 is 13.8 Å². The van der Waals surface area contributed by atoms with E-state index in [1.807, 2.05) is 36.4 Å². The van der Waals surface area contributed by atoms with Crippen LogP contribution in [0.1, 0.15) is 11.1 Å². The number of hydrogen-bond donors (Lipinski definition) is 3. The molecule has 0 atom stereocenters. The highest BCUT2D eigenvalue weighted by Crippen LogP contribution is 2.38. The van der Waals surface area contributed by atoms with Crippen molar-refractivity contribution in [1.82, 2.24) is 5.09 Å². The van der Waals surface area contributed by atoms with E-state index in [0.29, 0.717) is 11.4 Å². The number of anilines is 2. The molecular formula is C15H13N2O4P. The third kappa shape index (κ3) is 2.80. The molecule has 2 aromatic carbocycles. The lowest BCUT2D eigenvalue weighted by Crippen LogP contribution is -2.35. The second kappa shape index (κ2) is 5.42. The average Bonchev–Trinajstić information content (AvgIpc) is 2.62. The largest absolute Gasteiger partial charge is 0.431 e. The van der Waals surface area contributed by atoms with Crippen molar-refractivity contribution in [3.8, 4) is 0 Å². The van der Waals surface area contributed by atoms with Crippen LogP contribution in [0.25, 0.3) is 12.2 Å². The number of para-hydroxylation sites is 2. The molecule has 112 valence electrons. The zero-order valence-corrected chi connectivity index (χ0v) is 12.3. The normalized spacial score (nSPS) is 13.1. The number of rotatable bonds is 1. The van der Waals surface area contributed by atoms with Crippen LogP contribution in [0.15, 0.2) is 48.5 Å². The number of carbonyl (C=O) groups is 1. The number of urea groups is 1. The van der Waals surface area contributed by atoms with Crippen molar-refractivity contribution in [2.45, 2.75) is 0 Å². The molecule has 6 nitrogen and oxygen atoms in total. The molecule has 0 unspecified atom stereocenters. The van der Waals surface area contributed by atoms with Gasteiger partial charge in [-0.25, -0.2) is 14.4 Å². The van der Waals surface area contributed by atoms with Crippen LogP contribution in [-0.4, -0.2) is 15.8 Å². The Labute approximate surface area is 126 Å². The number of hydrogen-bond acceptors (Lipinski definition) is 2. The van der Waals surface area contributed by atoms with Gasteiger partial charge in [-0.1, -0.05) is 48.6 Å². The SMILES string of the molecule is O=C(NP(=O)(O)O)N1c2ccccc2C=Cc2ccccc21. The first kappa shape index (κ1) is 14.5. The van der Waals surface area contributed by atoms with Crippen molar-refractivity contribution >= 4 is 37.3 Å². The van der Waals surface area contributed by atoms with Crippen LogP contribution >= 0.6 is 7.75 Å². The summed E-state index contributed by atoms with van der Waals surface area (Å²) >= 11 is 0. The summed E-state index contributed by atoms with van der Waals surface area (Å²) in [5, 5.41) is 1.72. The number of benzene rings is 2. The number of fused-ring (bicyclic) bond motifs is 2. The summed E-state index contributed by atoms with van der Waals surface area (Å²) in [6, 6.07) is 13.4. The Morgan fingerprint density at radius 3 is 1.82 bits per heavy atom. The minimum atomic E-state index is -4.69. The van der Waals surface area contributed by atoms with Crippen molar-refractivity contribution in [1.29, 1.82) is 0 Å². The van der Waals surface area contributed by atoms with E-state index < -0.39 is 13.8 Å². The van der Waals surface area contributed by atoms with E-state index in [9.17, 15) is 9.36 Å². The monoisotopic (exact) mass is 316 g/mol. The summed E-state index contributed by atoms with van der Waals surface area (Å²) in [6.45, 7) is 0. The van der Waals surface area contributed by atoms with E-state index >= 15 is 0 Å². The highest BCUT2D eigenvalue weighted by Gasteiger charge is 2.27. The first-order chi connectivity index (χ1) is 10.5. The maximum atomic E-state index is 12.4. The Morgan fingerprint density at radius 2 is 1.36 bits per heavy atom. The average molecular weight is 316 g/mol. The summed E-state index contributed by atoms with van der Waals surface area (Å²) in [5.41, 5.74) is 2.66. The molecule has 2 aromatic rings. The van der Waals surface area contributed by atoms with Gasteiger partial charge in [-0.05, 0) is 23.3 Å². The topological polar surface area (TPSA) is 89.9 Å². The van der Waals surface area contributed by atoms with E-state index in [1.54, 1.807) is 29.4 Å². The molecule has 1 aliphatic heterocycles. The molecule has 0 saturated carbocycles. The Balaban J connectivity index is 2.17. The van der Waals surface area contributed by atoms with Crippen LogP contribution < -0.4 is 9.99 Å². The second-order valence-electron chi connectivity index (χ2n) is 4.75. The molecule has 22 heavy (non-hydrogen) atoms. The molecule has 0 aliphatic carbocycles. The lowest BCUT2D eigenvalue weighted by molar-refractivity contribution is 0.249. The van der Waals surface area contributed by atoms with Gasteiger partial charge in [0.25, 0.3) is 0 Å². The van der Waals surface area contributed by atoms with Crippen LogP contribution in [0.3, 0.4) is 0 Å². The van der Waals surface area contributed by atoms with Gasteiger partial charge in [-0.3, -0.25) is 4.90 Å². The van der Waals surface area contributed by atoms with Crippen LogP contribution in [-0.2, 0) is 4.57 Å². The fourth-order valence-electron chi connectivity index (χ4n) is 2.37. The fourth-order valence-corrected chi connectivity index (χ4v) is 2.72. The summed E-state index contributed by atoms with van der Waals surface area (Å²) in [7, 11) is -4.69. The second-order valence-corrected chi connectivity index (χ2v) is 6.06. The van der Waals surface area contributed by atoms with Crippen LogP contribution in [0.4, 0.5) is 16.2 Å². The van der Waals surface area contributed by atoms with E-state index in [0.717, 1.165) is 11.1 Å². The van der Waals surface area contributed by atoms with Gasteiger partial charge < -0.3 is 9.79 Å². The van der Waals surface area contributed by atoms with E-state index in [4.69, 9.17) is 9.79 Å². The molecule has 1 aliphatic rings. The van der Waals surface area contributed by atoms with Crippen LogP contribution in [0, 0.1) is 0 Å². The van der Waals surface area contributed by atoms with Crippen molar-refractivity contribution in [3.05, 3.63) is 59.7 Å². The van der Waals surface area contributed by atoms with E-state index in [2.05, 4.69) is 0 Å². The van der Waals surface area contributed by atoms with Gasteiger partial charge in [0, 0.05) is 0 Å². The molecule has 2 amide bonds. The molecule has 0 fully saturated rings. The molecule has 0 radical (unpaired) electrons. The first-order valence-corrected chi connectivity index (χ1v) is 8.11. The van der Waals surface area contributed by atoms with Crippen LogP contribution in [0.5, 0.6) is 0 Å². The van der Waals surface area contributed by atoms with Gasteiger partial charge in [0.15, 0.2) is 0 Å². The molecular weight excluding hydrogens is 303 g/mol. The zero-order chi connectivity index (χ0) is 15.7. The minimum absolute atomic E-state index is 0.551. The summed E-state index contributed by atoms with van der Waals surface area (Å²) in [6.07, 6.45) is 3.72. The van der Waals surface area contributed by atoms with Crippen molar-refractivity contribution in [2.24, 2.45) is 0 Å². The molecule has 1 heterocycles. The summed E-state index contributed by atoms with van der Waals surface area (Å²) in [4.78, 5) is 31.7. The van der Waals surface area contributed by atoms with Gasteiger partial charge in [-0.15, -0.1) is 0 Å². The maximum Gasteiger partial charge on any atom is 0.431 e. The third-order valence-corrected chi connectivity index (χ3v) is 3.72. The fraction of sp³-hybridized carbons (Fsp3) is 0. The lowest BCUT2D eigenvalue weighted by Gasteiger charge is -2.25. The Kier molecular flexibility index (Phi) is 3.58. The highest BCUT2D eigenvalue weighted by atomic mass is 31.2. The Morgan fingerprint density at radius 1 is 0.909 bits per heavy atom. The van der Waals surface area contributed by atoms with Gasteiger partial charge in [0.2, 0.25) is 0 Å². The summed E-state index contributed by atoms with van der Waals surface area (Å²) < 4.78 is 11.1. The van der Waals surface area contributed by atoms with E-state index in [-0.39, 0.29) is 0 Å². The molecule has 0 saturated heterocycles. The van der Waals surface area contributed by atoms with Crippen LogP contribution in [0.2, 0.25) is 0 Å². The lowest BCUT2D eigenvalue weighted by atomic mass is 10.1. The molecule has 0 spiro atoms. The van der Waals surface area contributed by atoms with Crippen molar-refractivity contribution in [2.75, 3.05) is 4.90 Å². The van der Waals surface area contributed by atoms with E-state index in [1.165, 1.54) is 4.90 Å². The molecule has 7 heteroatoms. The minimum Gasteiger partial charge on any atom is -0.308 e. The quantitative estimate of drug-likeness (QED) is 0.705. The number of carbonyl (C=O) groups excluding carboxylic acids is 1. The van der Waals surface area contributed by atoms with Crippen molar-refractivity contribution < 1.29 is 19.1 Å². The molecule has 0 aromatic heterocycles. The Bertz CT molecular complexity index is 763. The maximum absolute atomic E-state index is 12.4. The Hall–Kier alpha value is -2.40. The smallest absolute Gasteiger partial charge is 0.308 e. The summed E-state index contributed by atoms with van der Waals surface area (Å²) in [5.74, 6) is 0. The number of nitrogens with one attached hydrogen (secondary N) is 1. The van der Waals surface area contributed by atoms with Gasteiger partial charge in [-0.2, -0.15) is 0 Å². The zero-order valence-electron chi connectivity index (χ0n) is 11.4. The number of amides is 2. The predicted molar refractivity (Wildman–Crippen MR) is 84.5 cm³/mol.